The van der Waals surface area contributed by atoms with E-state index in [4.69, 9.17) is 10.5 Å². The van der Waals surface area contributed by atoms with Crippen LogP contribution >= 0.6 is 0 Å². The predicted octanol–water partition coefficient (Wildman–Crippen LogP) is 7.93. The Morgan fingerprint density at radius 2 is 1.69 bits per heavy atom. The SMILES string of the molecule is COc1cc(C(=CC(=O)CC(=O)CCCCC[C@H]2[C@@H]3CCNC[C@@H]3C=C3CCCN[C@H]32)CO)c(Cc2cnc(N)cc2CCc2cccc(CCc3ccccc3)c2)cc1O. The number of ketones is 2. The molecule has 9 heteroatoms. The normalized spacial score (nSPS) is 20.0. The van der Waals surface area contributed by atoms with E-state index in [1.165, 1.54) is 55.6 Å². The molecule has 9 nitrogen and oxygen atoms in total. The Morgan fingerprint density at radius 1 is 0.902 bits per heavy atom. The number of nitrogen functional groups attached to an aromatic ring is 1. The number of hydrogen-bond donors (Lipinski definition) is 5. The van der Waals surface area contributed by atoms with E-state index in [2.05, 4.69) is 70.2 Å². The van der Waals surface area contributed by atoms with Crippen LogP contribution in [0.3, 0.4) is 0 Å². The van der Waals surface area contributed by atoms with E-state index in [1.807, 2.05) is 12.1 Å². The molecule has 0 spiro atoms. The number of carbonyl (C=O) groups excluding carboxylic acids is 2. The molecule has 0 amide bonds. The van der Waals surface area contributed by atoms with Gasteiger partial charge in [-0.15, -0.1) is 0 Å². The number of nitrogens with zero attached hydrogens (tertiary/aromatic N) is 1. The molecule has 322 valence electrons. The van der Waals surface area contributed by atoms with Gasteiger partial charge in [0, 0.05) is 25.2 Å². The van der Waals surface area contributed by atoms with Crippen LogP contribution in [0.4, 0.5) is 5.82 Å². The number of nitrogens with two attached hydrogens (primary N) is 1. The van der Waals surface area contributed by atoms with Gasteiger partial charge >= 0.3 is 0 Å². The summed E-state index contributed by atoms with van der Waals surface area (Å²) in [6.45, 7) is 2.84. The van der Waals surface area contributed by atoms with Gasteiger partial charge in [-0.25, -0.2) is 4.98 Å². The molecule has 4 aromatic rings. The number of Topliss-reactive ketones (excluding diaryl/α,β-unsaturated/α-hetero) is 1. The van der Waals surface area contributed by atoms with Crippen LogP contribution in [-0.2, 0) is 41.7 Å². The van der Waals surface area contributed by atoms with Gasteiger partial charge in [-0.05, 0) is 164 Å². The minimum absolute atomic E-state index is 0.0525. The highest BCUT2D eigenvalue weighted by molar-refractivity contribution is 6.07. The van der Waals surface area contributed by atoms with Gasteiger partial charge in [-0.3, -0.25) is 9.59 Å². The number of aryl methyl sites for hydroxylation is 4. The third-order valence-electron chi connectivity index (χ3n) is 13.2. The number of ether oxygens (including phenoxy) is 1. The number of aliphatic hydroxyl groups is 1. The zero-order chi connectivity index (χ0) is 42.6. The van der Waals surface area contributed by atoms with E-state index in [0.29, 0.717) is 53.2 Å². The van der Waals surface area contributed by atoms with Gasteiger partial charge in [0.25, 0.3) is 0 Å². The molecule has 7 rings (SSSR count). The van der Waals surface area contributed by atoms with Crippen LogP contribution in [0.2, 0.25) is 0 Å². The molecule has 0 radical (unpaired) electrons. The predicted molar refractivity (Wildman–Crippen MR) is 244 cm³/mol. The lowest BCUT2D eigenvalue weighted by Gasteiger charge is -2.47. The second-order valence-electron chi connectivity index (χ2n) is 17.4. The number of unbranched alkanes of at least 4 members (excludes halogenated alkanes) is 2. The zero-order valence-corrected chi connectivity index (χ0v) is 35.8. The third kappa shape index (κ3) is 11.8. The van der Waals surface area contributed by atoms with Crippen LogP contribution in [0.5, 0.6) is 11.5 Å². The minimum Gasteiger partial charge on any atom is -0.504 e. The monoisotopic (exact) mass is 824 g/mol. The first-order chi connectivity index (χ1) is 29.8. The molecule has 0 unspecified atom stereocenters. The first-order valence-electron chi connectivity index (χ1n) is 22.5. The number of aromatic nitrogens is 1. The van der Waals surface area contributed by atoms with Gasteiger partial charge in [-0.1, -0.05) is 79.1 Å². The highest BCUT2D eigenvalue weighted by Gasteiger charge is 2.41. The largest absolute Gasteiger partial charge is 0.504 e. The molecular formula is C52H64N4O5. The van der Waals surface area contributed by atoms with Crippen molar-refractivity contribution in [2.45, 2.75) is 95.9 Å². The van der Waals surface area contributed by atoms with E-state index in [9.17, 15) is 19.8 Å². The molecule has 1 aliphatic carbocycles. The Kier molecular flexibility index (Phi) is 15.6. The van der Waals surface area contributed by atoms with E-state index >= 15 is 0 Å². The lowest BCUT2D eigenvalue weighted by Crippen LogP contribution is -2.52. The maximum atomic E-state index is 13.4. The number of phenolic OH excluding ortho intramolecular Hbond substituents is 1. The van der Waals surface area contributed by atoms with Crippen molar-refractivity contribution in [3.05, 3.63) is 136 Å². The minimum atomic E-state index is -0.430. The van der Waals surface area contributed by atoms with Crippen LogP contribution < -0.4 is 21.1 Å². The Labute approximate surface area is 361 Å². The summed E-state index contributed by atoms with van der Waals surface area (Å²) >= 11 is 0. The van der Waals surface area contributed by atoms with Crippen molar-refractivity contribution in [3.8, 4) is 11.5 Å². The molecule has 2 fully saturated rings. The summed E-state index contributed by atoms with van der Waals surface area (Å²) in [5.41, 5.74) is 15.2. The van der Waals surface area contributed by atoms with E-state index < -0.39 is 6.61 Å². The number of allylic oxidation sites excluding steroid dienone is 1. The summed E-state index contributed by atoms with van der Waals surface area (Å²) < 4.78 is 5.45. The summed E-state index contributed by atoms with van der Waals surface area (Å²) in [7, 11) is 1.46. The molecule has 4 atom stereocenters. The average Bonchev–Trinajstić information content (AvgIpc) is 3.27. The highest BCUT2D eigenvalue weighted by atomic mass is 16.5. The molecule has 3 aliphatic rings. The fourth-order valence-corrected chi connectivity index (χ4v) is 10.1. The van der Waals surface area contributed by atoms with E-state index in [1.54, 1.807) is 23.9 Å². The number of rotatable bonds is 20. The van der Waals surface area contributed by atoms with Crippen LogP contribution in [0.25, 0.3) is 5.57 Å². The number of carbonyl (C=O) groups is 2. The molecule has 3 heterocycles. The molecule has 61 heavy (non-hydrogen) atoms. The fourth-order valence-electron chi connectivity index (χ4n) is 10.1. The first-order valence-corrected chi connectivity index (χ1v) is 22.5. The number of phenols is 1. The lowest BCUT2D eigenvalue weighted by molar-refractivity contribution is -0.124. The standard InChI is InChI=1S/C52H64N4O5/c1-61-50-31-48(43(34-57)27-45(59)30-44(58)15-6-3-7-16-47-46-21-23-54-32-42(46)25-39-14-9-22-55-52(39)47)40(28-49(50)60)26-41-33-56-51(53)29-38(41)20-19-37-13-8-12-36(24-37)18-17-35-10-4-2-5-11-35/h2,4-5,8,10-13,24-25,27-29,31,33,42,46-47,52,54-55,57,60H,3,6-7,9,14-23,26,30,32,34H2,1H3,(H2,53,56)/t42-,46+,47-,52+/m0/s1. The Bertz CT molecular complexity index is 2180. The van der Waals surface area contributed by atoms with Crippen molar-refractivity contribution in [1.82, 2.24) is 15.6 Å². The van der Waals surface area contributed by atoms with Crippen molar-refractivity contribution < 1.29 is 24.5 Å². The van der Waals surface area contributed by atoms with Gasteiger partial charge in [0.2, 0.25) is 0 Å². The molecule has 6 N–H and O–H groups in total. The molecule has 0 bridgehead atoms. The Balaban J connectivity index is 0.964. The lowest BCUT2D eigenvalue weighted by atomic mass is 9.64. The fraction of sp³-hybridized carbons (Fsp3) is 0.442. The second-order valence-corrected chi connectivity index (χ2v) is 17.4. The highest BCUT2D eigenvalue weighted by Crippen LogP contribution is 2.43. The molecular weight excluding hydrogens is 761 g/mol. The molecule has 1 aromatic heterocycles. The second kappa shape index (κ2) is 21.6. The maximum Gasteiger partial charge on any atom is 0.163 e. The number of hydrogen-bond acceptors (Lipinski definition) is 9. The van der Waals surface area contributed by atoms with Crippen LogP contribution in [0.1, 0.15) is 96.7 Å². The van der Waals surface area contributed by atoms with Crippen molar-refractivity contribution in [2.75, 3.05) is 39.1 Å². The molecule has 0 saturated carbocycles. The number of aromatic hydroxyl groups is 1. The molecule has 2 aliphatic heterocycles. The van der Waals surface area contributed by atoms with Gasteiger partial charge in [0.1, 0.15) is 11.6 Å². The van der Waals surface area contributed by atoms with Gasteiger partial charge in [0.05, 0.1) is 20.1 Å². The zero-order valence-electron chi connectivity index (χ0n) is 35.8. The van der Waals surface area contributed by atoms with Crippen molar-refractivity contribution >= 4 is 23.0 Å². The number of nitrogens with one attached hydrogen (secondary N) is 2. The topological polar surface area (TPSA) is 147 Å². The maximum absolute atomic E-state index is 13.4. The average molecular weight is 825 g/mol. The van der Waals surface area contributed by atoms with Gasteiger partial charge in [0.15, 0.2) is 17.3 Å². The summed E-state index contributed by atoms with van der Waals surface area (Å²) in [5, 5.41) is 28.9. The number of methoxy groups -OCH3 is 1. The van der Waals surface area contributed by atoms with E-state index in [0.717, 1.165) is 81.6 Å². The summed E-state index contributed by atoms with van der Waals surface area (Å²) in [6, 6.07) is 24.9. The number of piperidine rings is 2. The van der Waals surface area contributed by atoms with Crippen LogP contribution in [-0.4, -0.2) is 66.2 Å². The van der Waals surface area contributed by atoms with Crippen molar-refractivity contribution in [3.63, 3.8) is 0 Å². The number of anilines is 1. The number of aliphatic hydroxyl groups excluding tert-OH is 1. The quantitative estimate of drug-likeness (QED) is 0.0260. The summed E-state index contributed by atoms with van der Waals surface area (Å²) in [6.07, 6.45) is 17.3. The first kappa shape index (κ1) is 44.0. The van der Waals surface area contributed by atoms with E-state index in [-0.39, 0.29) is 29.5 Å². The Morgan fingerprint density at radius 3 is 2.49 bits per heavy atom. The summed E-state index contributed by atoms with van der Waals surface area (Å²) in [4.78, 5) is 30.9. The van der Waals surface area contributed by atoms with Gasteiger partial charge in [-0.2, -0.15) is 0 Å². The number of fused-ring (bicyclic) bond motifs is 2. The number of benzene rings is 3. The van der Waals surface area contributed by atoms with Crippen LogP contribution in [0.15, 0.2) is 96.7 Å². The van der Waals surface area contributed by atoms with Crippen molar-refractivity contribution in [2.24, 2.45) is 17.8 Å². The van der Waals surface area contributed by atoms with Crippen LogP contribution in [0, 0.1) is 17.8 Å². The molecule has 3 aromatic carbocycles. The summed E-state index contributed by atoms with van der Waals surface area (Å²) in [5.74, 6) is 2.16. The molecule has 2 saturated heterocycles. The smallest absolute Gasteiger partial charge is 0.163 e. The number of pyridine rings is 1. The van der Waals surface area contributed by atoms with Crippen molar-refractivity contribution in [1.29, 1.82) is 0 Å². The third-order valence-corrected chi connectivity index (χ3v) is 13.2. The van der Waals surface area contributed by atoms with Gasteiger partial charge < -0.3 is 31.3 Å². The Hall–Kier alpha value is -5.09.